The van der Waals surface area contributed by atoms with Crippen molar-refractivity contribution < 1.29 is 0 Å². The Balaban J connectivity index is 1.47. The number of hydrogen-bond acceptors (Lipinski definition) is 2. The van der Waals surface area contributed by atoms with Gasteiger partial charge in [0.05, 0.1) is 5.69 Å². The molecule has 39 heavy (non-hydrogen) atoms. The maximum absolute atomic E-state index is 3.83. The number of anilines is 5. The summed E-state index contributed by atoms with van der Waals surface area (Å²) in [6.45, 7) is 0. The van der Waals surface area contributed by atoms with E-state index in [1.54, 1.807) is 0 Å². The van der Waals surface area contributed by atoms with E-state index < -0.39 is 0 Å². The van der Waals surface area contributed by atoms with Crippen LogP contribution in [-0.2, 0) is 18.3 Å². The van der Waals surface area contributed by atoms with Crippen molar-refractivity contribution in [2.45, 2.75) is 43.9 Å². The summed E-state index contributed by atoms with van der Waals surface area (Å²) < 4.78 is 0. The minimum absolute atomic E-state index is 0.0298. The van der Waals surface area contributed by atoms with Gasteiger partial charge >= 0.3 is 0 Å². The monoisotopic (exact) mass is 506 g/mol. The number of aryl methyl sites for hydroxylation is 2. The molecule has 2 aliphatic rings. The van der Waals surface area contributed by atoms with Gasteiger partial charge in [-0.25, -0.2) is 0 Å². The number of hydrogen-bond donors (Lipinski definition) is 1. The molecule has 0 radical (unpaired) electrons. The Hall–Kier alpha value is -4.30. The van der Waals surface area contributed by atoms with Crippen LogP contribution in [0.15, 0.2) is 127 Å². The molecule has 5 aromatic rings. The third kappa shape index (κ3) is 4.21. The number of nitrogens with zero attached hydrogens (tertiary/aromatic N) is 1. The maximum atomic E-state index is 3.83. The Morgan fingerprint density at radius 1 is 0.513 bits per heavy atom. The number of nitrogens with one attached hydrogen (secondary N) is 1. The minimum Gasteiger partial charge on any atom is -0.355 e. The summed E-state index contributed by atoms with van der Waals surface area (Å²) in [5.41, 5.74) is 12.1. The van der Waals surface area contributed by atoms with Gasteiger partial charge in [0.15, 0.2) is 0 Å². The molecule has 0 amide bonds. The molecule has 0 bridgehead atoms. The average Bonchev–Trinajstić information content (AvgIpc) is 2.99. The van der Waals surface area contributed by atoms with Gasteiger partial charge in [-0.1, -0.05) is 78.9 Å². The van der Waals surface area contributed by atoms with Crippen LogP contribution in [0.3, 0.4) is 0 Å². The third-order valence-electron chi connectivity index (χ3n) is 8.66. The van der Waals surface area contributed by atoms with Crippen LogP contribution >= 0.6 is 0 Å². The van der Waals surface area contributed by atoms with Crippen LogP contribution in [0.5, 0.6) is 0 Å². The van der Waals surface area contributed by atoms with Crippen LogP contribution in [-0.4, -0.2) is 0 Å². The van der Waals surface area contributed by atoms with Gasteiger partial charge in [0.1, 0.15) is 0 Å². The molecule has 0 fully saturated rings. The average molecular weight is 507 g/mol. The first-order chi connectivity index (χ1) is 19.3. The van der Waals surface area contributed by atoms with Crippen LogP contribution in [0.2, 0.25) is 0 Å². The molecule has 0 saturated carbocycles. The Bertz CT molecular complexity index is 1530. The lowest BCUT2D eigenvalue weighted by molar-refractivity contribution is 0.370. The van der Waals surface area contributed by atoms with Crippen LogP contribution < -0.4 is 10.2 Å². The van der Waals surface area contributed by atoms with Gasteiger partial charge in [0.2, 0.25) is 0 Å². The minimum atomic E-state index is -0.0298. The molecule has 5 aromatic carbocycles. The second kappa shape index (κ2) is 10.1. The zero-order chi connectivity index (χ0) is 26.1. The number of para-hydroxylation sites is 3. The quantitative estimate of drug-likeness (QED) is 0.255. The zero-order valence-electron chi connectivity index (χ0n) is 22.3. The molecule has 7 rings (SSSR count). The van der Waals surface area contributed by atoms with E-state index in [0.29, 0.717) is 0 Å². The fourth-order valence-electron chi connectivity index (χ4n) is 7.18. The summed E-state index contributed by atoms with van der Waals surface area (Å²) >= 11 is 0. The molecular weight excluding hydrogens is 472 g/mol. The van der Waals surface area contributed by atoms with Crippen molar-refractivity contribution >= 4 is 28.4 Å². The summed E-state index contributed by atoms with van der Waals surface area (Å²) in [5.74, 6) is 0. The Kier molecular flexibility index (Phi) is 6.17. The Labute approximate surface area is 232 Å². The van der Waals surface area contributed by atoms with E-state index in [2.05, 4.69) is 138 Å². The van der Waals surface area contributed by atoms with Crippen molar-refractivity contribution in [1.29, 1.82) is 0 Å². The first kappa shape index (κ1) is 23.8. The van der Waals surface area contributed by atoms with E-state index >= 15 is 0 Å². The lowest BCUT2D eigenvalue weighted by atomic mass is 9.59. The molecule has 2 heteroatoms. The highest BCUT2D eigenvalue weighted by molar-refractivity contribution is 5.82. The first-order valence-electron chi connectivity index (χ1n) is 14.3. The second-order valence-corrected chi connectivity index (χ2v) is 10.9. The van der Waals surface area contributed by atoms with Gasteiger partial charge in [0, 0.05) is 28.2 Å². The summed E-state index contributed by atoms with van der Waals surface area (Å²) in [4.78, 5) is 2.48. The topological polar surface area (TPSA) is 15.3 Å². The van der Waals surface area contributed by atoms with E-state index in [1.807, 2.05) is 0 Å². The summed E-state index contributed by atoms with van der Waals surface area (Å²) in [7, 11) is 0. The van der Waals surface area contributed by atoms with E-state index in [4.69, 9.17) is 0 Å². The number of benzene rings is 5. The van der Waals surface area contributed by atoms with Gasteiger partial charge in [-0.05, 0) is 109 Å². The molecule has 2 nitrogen and oxygen atoms in total. The SMILES string of the molecule is c1ccc(Nc2cccc3c2[C@@]2(CCC3)CCCc3cccc(N(c4ccccc4)c4ccccc4)c32)cc1. The fraction of sp³-hybridized carbons (Fsp3) is 0.189. The molecule has 1 atom stereocenters. The van der Waals surface area contributed by atoms with E-state index in [0.717, 1.165) is 18.5 Å². The zero-order valence-corrected chi connectivity index (χ0v) is 22.3. The lowest BCUT2D eigenvalue weighted by Crippen LogP contribution is -2.38. The number of rotatable bonds is 5. The summed E-state index contributed by atoms with van der Waals surface area (Å²) in [5, 5.41) is 3.83. The van der Waals surface area contributed by atoms with E-state index in [1.165, 1.54) is 70.7 Å². The lowest BCUT2D eigenvalue weighted by Gasteiger charge is -2.47. The second-order valence-electron chi connectivity index (χ2n) is 10.9. The fourth-order valence-corrected chi connectivity index (χ4v) is 7.18. The van der Waals surface area contributed by atoms with Crippen molar-refractivity contribution in [3.05, 3.63) is 150 Å². The first-order valence-corrected chi connectivity index (χ1v) is 14.3. The highest BCUT2D eigenvalue weighted by Gasteiger charge is 2.45. The third-order valence-corrected chi connectivity index (χ3v) is 8.66. The molecule has 2 aliphatic carbocycles. The standard InChI is InChI=1S/C37H34N2/c1-4-18-30(19-5-1)38-33-24-10-14-28-16-12-26-37(35(28)33)27-13-17-29-15-11-25-34(36(29)37)39(31-20-6-2-7-21-31)32-22-8-3-9-23-32/h1-11,14-15,18-25,38H,12-13,16-17,26-27H2/t37-/m1/s1. The van der Waals surface area contributed by atoms with Crippen molar-refractivity contribution in [3.63, 3.8) is 0 Å². The summed E-state index contributed by atoms with van der Waals surface area (Å²) in [6.07, 6.45) is 7.05. The van der Waals surface area contributed by atoms with E-state index in [-0.39, 0.29) is 5.41 Å². The van der Waals surface area contributed by atoms with Gasteiger partial charge in [0.25, 0.3) is 0 Å². The molecular formula is C37H34N2. The highest BCUT2D eigenvalue weighted by Crippen LogP contribution is 2.56. The van der Waals surface area contributed by atoms with Crippen molar-refractivity contribution in [2.75, 3.05) is 10.2 Å². The predicted molar refractivity (Wildman–Crippen MR) is 164 cm³/mol. The Morgan fingerprint density at radius 3 is 1.67 bits per heavy atom. The smallest absolute Gasteiger partial charge is 0.0505 e. The van der Waals surface area contributed by atoms with E-state index in [9.17, 15) is 0 Å². The number of fused-ring (bicyclic) bond motifs is 4. The normalized spacial score (nSPS) is 17.7. The van der Waals surface area contributed by atoms with Gasteiger partial charge < -0.3 is 10.2 Å². The molecule has 0 aliphatic heterocycles. The van der Waals surface area contributed by atoms with Gasteiger partial charge in [-0.3, -0.25) is 0 Å². The van der Waals surface area contributed by atoms with Crippen molar-refractivity contribution in [2.24, 2.45) is 0 Å². The van der Waals surface area contributed by atoms with Crippen molar-refractivity contribution in [1.82, 2.24) is 0 Å². The van der Waals surface area contributed by atoms with Crippen LogP contribution in [0.1, 0.15) is 47.9 Å². The molecule has 1 spiro atoms. The van der Waals surface area contributed by atoms with Gasteiger partial charge in [-0.15, -0.1) is 0 Å². The molecule has 192 valence electrons. The molecule has 0 unspecified atom stereocenters. The summed E-state index contributed by atoms with van der Waals surface area (Å²) in [6, 6.07) is 46.3. The predicted octanol–water partition coefficient (Wildman–Crippen LogP) is 9.86. The highest BCUT2D eigenvalue weighted by atomic mass is 15.1. The van der Waals surface area contributed by atoms with Crippen LogP contribution in [0.25, 0.3) is 0 Å². The van der Waals surface area contributed by atoms with Crippen molar-refractivity contribution in [3.8, 4) is 0 Å². The van der Waals surface area contributed by atoms with Gasteiger partial charge in [-0.2, -0.15) is 0 Å². The molecule has 0 saturated heterocycles. The van der Waals surface area contributed by atoms with Crippen LogP contribution in [0.4, 0.5) is 28.4 Å². The molecule has 0 heterocycles. The maximum Gasteiger partial charge on any atom is 0.0505 e. The molecule has 1 N–H and O–H groups in total. The molecule has 0 aromatic heterocycles. The Morgan fingerprint density at radius 2 is 1.05 bits per heavy atom. The largest absolute Gasteiger partial charge is 0.355 e. The van der Waals surface area contributed by atoms with Crippen LogP contribution in [0, 0.1) is 0 Å².